The molecule has 1 N–H and O–H groups in total. The molecule has 5 nitrogen and oxygen atoms in total. The highest BCUT2D eigenvalue weighted by molar-refractivity contribution is 5.94. The average molecular weight is 354 g/mol. The number of halogens is 3. The number of benzene rings is 1. The smallest absolute Gasteiger partial charge is 0.416 e. The van der Waals surface area contributed by atoms with Crippen molar-refractivity contribution in [2.45, 2.75) is 12.7 Å². The summed E-state index contributed by atoms with van der Waals surface area (Å²) in [6.07, 6.45) is -2.87. The molecule has 0 atom stereocenters. The maximum absolute atomic E-state index is 12.5. The number of alkyl halides is 3. The van der Waals surface area contributed by atoms with Crippen LogP contribution < -0.4 is 10.1 Å². The minimum Gasteiger partial charge on any atom is -0.475 e. The molecule has 0 saturated heterocycles. The first-order chi connectivity index (χ1) is 11.9. The predicted octanol–water partition coefficient (Wildman–Crippen LogP) is 3.06. The predicted molar refractivity (Wildman–Crippen MR) is 84.2 cm³/mol. The van der Waals surface area contributed by atoms with E-state index in [1.807, 2.05) is 0 Å². The van der Waals surface area contributed by atoms with E-state index in [0.29, 0.717) is 19.1 Å². The molecule has 0 bridgehead atoms. The quantitative estimate of drug-likeness (QED) is 0.777. The highest BCUT2D eigenvalue weighted by Gasteiger charge is 2.30. The molecule has 0 aliphatic heterocycles. The first-order valence-electron chi connectivity index (χ1n) is 7.42. The Morgan fingerprint density at radius 1 is 1.12 bits per heavy atom. The summed E-state index contributed by atoms with van der Waals surface area (Å²) in [5.41, 5.74) is 0.0946. The van der Waals surface area contributed by atoms with E-state index in [4.69, 9.17) is 9.47 Å². The molecule has 1 heterocycles. The van der Waals surface area contributed by atoms with Gasteiger partial charge in [-0.25, -0.2) is 4.98 Å². The van der Waals surface area contributed by atoms with Crippen LogP contribution in [-0.4, -0.2) is 31.2 Å². The lowest BCUT2D eigenvalue weighted by molar-refractivity contribution is -0.137. The van der Waals surface area contributed by atoms with Crippen molar-refractivity contribution in [3.8, 4) is 5.88 Å². The van der Waals surface area contributed by atoms with E-state index in [1.165, 1.54) is 0 Å². The monoisotopic (exact) mass is 354 g/mol. The summed E-state index contributed by atoms with van der Waals surface area (Å²) in [6, 6.07) is 7.44. The molecule has 2 rings (SSSR count). The number of carbonyl (C=O) groups is 1. The first-order valence-corrected chi connectivity index (χ1v) is 7.42. The normalized spacial score (nSPS) is 11.2. The van der Waals surface area contributed by atoms with Gasteiger partial charge in [-0.2, -0.15) is 13.2 Å². The lowest BCUT2D eigenvalue weighted by Crippen LogP contribution is -2.23. The summed E-state index contributed by atoms with van der Waals surface area (Å²) >= 11 is 0. The van der Waals surface area contributed by atoms with E-state index >= 15 is 0 Å². The largest absolute Gasteiger partial charge is 0.475 e. The van der Waals surface area contributed by atoms with Crippen molar-refractivity contribution in [1.29, 1.82) is 0 Å². The average Bonchev–Trinajstić information content (AvgIpc) is 2.60. The summed E-state index contributed by atoms with van der Waals surface area (Å²) in [5.74, 6) is -0.0241. The first kappa shape index (κ1) is 18.7. The zero-order valence-electron chi connectivity index (χ0n) is 13.5. The molecule has 0 aliphatic rings. The fourth-order valence-corrected chi connectivity index (χ4v) is 1.93. The highest BCUT2D eigenvalue weighted by atomic mass is 19.4. The molecule has 0 fully saturated rings. The van der Waals surface area contributed by atoms with Crippen molar-refractivity contribution >= 4 is 5.91 Å². The standard InChI is InChI=1S/C17H17F3N2O3/c1-24-8-9-25-15-7-2-12(10-21-15)11-22-16(23)13-3-5-14(6-4-13)17(18,19)20/h2-7,10H,8-9,11H2,1H3,(H,22,23). The van der Waals surface area contributed by atoms with E-state index in [0.717, 1.165) is 29.8 Å². The molecule has 1 aromatic carbocycles. The SMILES string of the molecule is COCCOc1ccc(CNC(=O)c2ccc(C(F)(F)F)cc2)cn1. The van der Waals surface area contributed by atoms with Crippen LogP contribution in [0.15, 0.2) is 42.6 Å². The van der Waals surface area contributed by atoms with Gasteiger partial charge in [0.25, 0.3) is 5.91 Å². The molecule has 1 amide bonds. The van der Waals surface area contributed by atoms with Gasteiger partial charge in [-0.3, -0.25) is 4.79 Å². The molecular formula is C17H17F3N2O3. The van der Waals surface area contributed by atoms with E-state index in [2.05, 4.69) is 10.3 Å². The lowest BCUT2D eigenvalue weighted by Gasteiger charge is -2.09. The van der Waals surface area contributed by atoms with Crippen LogP contribution in [0.3, 0.4) is 0 Å². The fourth-order valence-electron chi connectivity index (χ4n) is 1.93. The van der Waals surface area contributed by atoms with Gasteiger partial charge in [0.15, 0.2) is 0 Å². The summed E-state index contributed by atoms with van der Waals surface area (Å²) in [4.78, 5) is 16.1. The van der Waals surface area contributed by atoms with Crippen LogP contribution in [0.5, 0.6) is 5.88 Å². The Hall–Kier alpha value is -2.61. The van der Waals surface area contributed by atoms with Crippen molar-refractivity contribution in [3.05, 3.63) is 59.3 Å². The molecular weight excluding hydrogens is 337 g/mol. The molecule has 8 heteroatoms. The summed E-state index contributed by atoms with van der Waals surface area (Å²) in [5, 5.41) is 2.62. The van der Waals surface area contributed by atoms with Gasteiger partial charge in [-0.05, 0) is 29.8 Å². The summed E-state index contributed by atoms with van der Waals surface area (Å²) in [7, 11) is 1.57. The van der Waals surface area contributed by atoms with E-state index in [9.17, 15) is 18.0 Å². The highest BCUT2D eigenvalue weighted by Crippen LogP contribution is 2.29. The van der Waals surface area contributed by atoms with Crippen LogP contribution in [-0.2, 0) is 17.5 Å². The molecule has 2 aromatic rings. The topological polar surface area (TPSA) is 60.5 Å². The maximum Gasteiger partial charge on any atom is 0.416 e. The van der Waals surface area contributed by atoms with Crippen LogP contribution in [0.1, 0.15) is 21.5 Å². The van der Waals surface area contributed by atoms with Gasteiger partial charge in [0, 0.05) is 31.5 Å². The number of rotatable bonds is 7. The van der Waals surface area contributed by atoms with Gasteiger partial charge in [0.05, 0.1) is 12.2 Å². The number of hydrogen-bond acceptors (Lipinski definition) is 4. The minimum atomic E-state index is -4.42. The number of carbonyl (C=O) groups excluding carboxylic acids is 1. The summed E-state index contributed by atoms with van der Waals surface area (Å²) in [6.45, 7) is 1.03. The summed E-state index contributed by atoms with van der Waals surface area (Å²) < 4.78 is 47.7. The zero-order chi connectivity index (χ0) is 18.3. The van der Waals surface area contributed by atoms with Crippen molar-refractivity contribution < 1.29 is 27.4 Å². The van der Waals surface area contributed by atoms with Crippen LogP contribution in [0.25, 0.3) is 0 Å². The third-order valence-corrected chi connectivity index (χ3v) is 3.26. The van der Waals surface area contributed by atoms with Gasteiger partial charge >= 0.3 is 6.18 Å². The van der Waals surface area contributed by atoms with Gasteiger partial charge in [-0.15, -0.1) is 0 Å². The Morgan fingerprint density at radius 3 is 2.40 bits per heavy atom. The third kappa shape index (κ3) is 5.75. The number of aromatic nitrogens is 1. The van der Waals surface area contributed by atoms with E-state index in [-0.39, 0.29) is 12.1 Å². The zero-order valence-corrected chi connectivity index (χ0v) is 13.5. The Labute approximate surface area is 142 Å². The second-order valence-electron chi connectivity index (χ2n) is 5.10. The maximum atomic E-state index is 12.5. The Bertz CT molecular complexity index is 686. The molecule has 0 saturated carbocycles. The van der Waals surface area contributed by atoms with Crippen LogP contribution in [0.2, 0.25) is 0 Å². The molecule has 25 heavy (non-hydrogen) atoms. The second kappa shape index (κ2) is 8.48. The Balaban J connectivity index is 1.87. The Kier molecular flexibility index (Phi) is 6.35. The molecule has 134 valence electrons. The lowest BCUT2D eigenvalue weighted by atomic mass is 10.1. The van der Waals surface area contributed by atoms with Crippen molar-refractivity contribution in [2.24, 2.45) is 0 Å². The number of nitrogens with zero attached hydrogens (tertiary/aromatic N) is 1. The number of ether oxygens (including phenoxy) is 2. The van der Waals surface area contributed by atoms with E-state index < -0.39 is 17.6 Å². The molecule has 0 unspecified atom stereocenters. The van der Waals surface area contributed by atoms with E-state index in [1.54, 1.807) is 25.4 Å². The van der Waals surface area contributed by atoms with Crippen LogP contribution in [0.4, 0.5) is 13.2 Å². The van der Waals surface area contributed by atoms with Gasteiger partial charge < -0.3 is 14.8 Å². The number of pyridine rings is 1. The van der Waals surface area contributed by atoms with Crippen molar-refractivity contribution in [3.63, 3.8) is 0 Å². The molecule has 0 radical (unpaired) electrons. The molecule has 1 aromatic heterocycles. The number of amides is 1. The van der Waals surface area contributed by atoms with Crippen LogP contribution >= 0.6 is 0 Å². The van der Waals surface area contributed by atoms with Gasteiger partial charge in [-0.1, -0.05) is 6.07 Å². The second-order valence-corrected chi connectivity index (χ2v) is 5.10. The minimum absolute atomic E-state index is 0.153. The fraction of sp³-hybridized carbons (Fsp3) is 0.294. The number of nitrogens with one attached hydrogen (secondary N) is 1. The van der Waals surface area contributed by atoms with Crippen LogP contribution in [0, 0.1) is 0 Å². The number of hydrogen-bond donors (Lipinski definition) is 1. The van der Waals surface area contributed by atoms with Crippen molar-refractivity contribution in [1.82, 2.24) is 10.3 Å². The Morgan fingerprint density at radius 2 is 1.84 bits per heavy atom. The molecule has 0 aliphatic carbocycles. The van der Waals surface area contributed by atoms with Gasteiger partial charge in [0.2, 0.25) is 5.88 Å². The number of methoxy groups -OCH3 is 1. The van der Waals surface area contributed by atoms with Gasteiger partial charge in [0.1, 0.15) is 6.61 Å². The van der Waals surface area contributed by atoms with Crippen molar-refractivity contribution in [2.75, 3.05) is 20.3 Å². The molecule has 0 spiro atoms. The third-order valence-electron chi connectivity index (χ3n) is 3.26.